The van der Waals surface area contributed by atoms with Crippen LogP contribution in [-0.2, 0) is 18.3 Å². The molecule has 0 radical (unpaired) electrons. The Labute approximate surface area is 141 Å². The van der Waals surface area contributed by atoms with Gasteiger partial charge in [0, 0.05) is 44.1 Å². The monoisotopic (exact) mass is 322 g/mol. The lowest BCUT2D eigenvalue weighted by Crippen LogP contribution is -2.17. The highest BCUT2D eigenvalue weighted by atomic mass is 16.5. The van der Waals surface area contributed by atoms with Gasteiger partial charge in [0.25, 0.3) is 0 Å². The number of aromatic nitrogens is 4. The van der Waals surface area contributed by atoms with E-state index in [-0.39, 0.29) is 5.41 Å². The summed E-state index contributed by atoms with van der Waals surface area (Å²) >= 11 is 0. The predicted octanol–water partition coefficient (Wildman–Crippen LogP) is 3.38. The van der Waals surface area contributed by atoms with E-state index in [1.807, 2.05) is 44.0 Å². The van der Waals surface area contributed by atoms with E-state index >= 15 is 0 Å². The summed E-state index contributed by atoms with van der Waals surface area (Å²) in [7, 11) is 3.81. The average molecular weight is 322 g/mol. The van der Waals surface area contributed by atoms with Gasteiger partial charge in [-0.2, -0.15) is 0 Å². The Morgan fingerprint density at radius 2 is 1.96 bits per heavy atom. The third kappa shape index (κ3) is 2.65. The molecule has 0 spiro atoms. The predicted molar refractivity (Wildman–Crippen MR) is 93.4 cm³/mol. The number of rotatable bonds is 6. The van der Waals surface area contributed by atoms with Gasteiger partial charge in [-0.3, -0.25) is 0 Å². The van der Waals surface area contributed by atoms with Crippen LogP contribution < -0.4 is 0 Å². The van der Waals surface area contributed by atoms with Gasteiger partial charge in [-0.15, -0.1) is 0 Å². The maximum Gasteiger partial charge on any atom is 0.158 e. The fourth-order valence-corrected chi connectivity index (χ4v) is 3.33. The van der Waals surface area contributed by atoms with Crippen molar-refractivity contribution in [3.05, 3.63) is 49.1 Å². The van der Waals surface area contributed by atoms with Crippen LogP contribution in [-0.4, -0.2) is 32.8 Å². The molecule has 0 N–H and O–H groups in total. The molecule has 5 heteroatoms. The molecule has 2 aromatic heterocycles. The van der Waals surface area contributed by atoms with E-state index in [0.717, 1.165) is 35.9 Å². The number of hydrogen-bond acceptors (Lipinski definition) is 3. The zero-order valence-electron chi connectivity index (χ0n) is 14.1. The van der Waals surface area contributed by atoms with Gasteiger partial charge >= 0.3 is 0 Å². The van der Waals surface area contributed by atoms with Gasteiger partial charge in [-0.25, -0.2) is 9.97 Å². The third-order valence-electron chi connectivity index (χ3n) is 4.83. The fourth-order valence-electron chi connectivity index (χ4n) is 3.33. The lowest BCUT2D eigenvalue weighted by molar-refractivity contribution is 0.131. The number of methoxy groups -OCH3 is 1. The molecule has 0 amide bonds. The van der Waals surface area contributed by atoms with Gasteiger partial charge in [0.05, 0.1) is 18.6 Å². The normalized spacial score (nSPS) is 15.6. The molecule has 1 fully saturated rings. The summed E-state index contributed by atoms with van der Waals surface area (Å²) in [6.07, 6.45) is 8.18. The molecule has 0 bridgehead atoms. The molecule has 1 aliphatic rings. The zero-order chi connectivity index (χ0) is 16.6. The molecule has 1 saturated carbocycles. The zero-order valence-corrected chi connectivity index (χ0v) is 14.1. The topological polar surface area (TPSA) is 44.9 Å². The Morgan fingerprint density at radius 1 is 1.17 bits per heavy atom. The van der Waals surface area contributed by atoms with Gasteiger partial charge in [-0.1, -0.05) is 30.3 Å². The first-order valence-corrected chi connectivity index (χ1v) is 8.30. The second-order valence-corrected chi connectivity index (χ2v) is 6.73. The van der Waals surface area contributed by atoms with Gasteiger partial charge in [0.1, 0.15) is 5.69 Å². The van der Waals surface area contributed by atoms with Crippen LogP contribution in [0.1, 0.15) is 12.8 Å². The molecule has 4 rings (SSSR count). The first-order valence-electron chi connectivity index (χ1n) is 8.30. The molecule has 2 heterocycles. The Morgan fingerprint density at radius 3 is 2.58 bits per heavy atom. The molecule has 1 aromatic carbocycles. The second kappa shape index (κ2) is 5.91. The Kier molecular flexibility index (Phi) is 3.73. The smallest absolute Gasteiger partial charge is 0.158 e. The van der Waals surface area contributed by atoms with Crippen molar-refractivity contribution < 1.29 is 4.74 Å². The van der Waals surface area contributed by atoms with Crippen molar-refractivity contribution in [2.45, 2.75) is 19.4 Å². The summed E-state index contributed by atoms with van der Waals surface area (Å²) in [6.45, 7) is 1.72. The fraction of sp³-hybridized carbons (Fsp3) is 0.368. The van der Waals surface area contributed by atoms with E-state index < -0.39 is 0 Å². The Balaban J connectivity index is 1.80. The van der Waals surface area contributed by atoms with Crippen LogP contribution in [0.3, 0.4) is 0 Å². The average Bonchev–Trinajstić information content (AvgIpc) is 3.02. The van der Waals surface area contributed by atoms with Crippen LogP contribution in [0.15, 0.2) is 49.1 Å². The number of aryl methyl sites for hydroxylation is 1. The number of nitrogens with zero attached hydrogens (tertiary/aromatic N) is 4. The summed E-state index contributed by atoms with van der Waals surface area (Å²) in [6, 6.07) is 10.3. The van der Waals surface area contributed by atoms with Gasteiger partial charge < -0.3 is 13.9 Å². The van der Waals surface area contributed by atoms with Crippen molar-refractivity contribution in [2.75, 3.05) is 13.7 Å². The summed E-state index contributed by atoms with van der Waals surface area (Å²) < 4.78 is 9.73. The van der Waals surface area contributed by atoms with Crippen LogP contribution in [0.2, 0.25) is 0 Å². The van der Waals surface area contributed by atoms with Crippen LogP contribution in [0, 0.1) is 5.41 Å². The maximum atomic E-state index is 5.43. The first-order chi connectivity index (χ1) is 11.7. The van der Waals surface area contributed by atoms with E-state index in [2.05, 4.69) is 26.3 Å². The quantitative estimate of drug-likeness (QED) is 0.699. The molecule has 0 saturated heterocycles. The van der Waals surface area contributed by atoms with E-state index in [1.165, 1.54) is 12.8 Å². The lowest BCUT2D eigenvalue weighted by Gasteiger charge is -2.17. The van der Waals surface area contributed by atoms with Gasteiger partial charge in [-0.05, 0) is 12.8 Å². The summed E-state index contributed by atoms with van der Waals surface area (Å²) in [5.74, 6) is 0.944. The molecule has 24 heavy (non-hydrogen) atoms. The maximum absolute atomic E-state index is 5.43. The standard InChI is InChI=1S/C19H22N4O/c1-22-11-10-20-18(22)17-16(15-6-4-3-5-7-15)21-14-23(17)12-19(8-9-19)13-24-2/h3-7,10-11,14H,8-9,12-13H2,1-2H3. The summed E-state index contributed by atoms with van der Waals surface area (Å²) in [4.78, 5) is 9.30. The lowest BCUT2D eigenvalue weighted by atomic mass is 10.1. The molecular weight excluding hydrogens is 300 g/mol. The minimum atomic E-state index is 0.253. The van der Waals surface area contributed by atoms with E-state index in [9.17, 15) is 0 Å². The third-order valence-corrected chi connectivity index (χ3v) is 4.83. The summed E-state index contributed by atoms with van der Waals surface area (Å²) in [5.41, 5.74) is 3.43. The van der Waals surface area contributed by atoms with E-state index in [4.69, 9.17) is 9.72 Å². The van der Waals surface area contributed by atoms with E-state index in [1.54, 1.807) is 7.11 Å². The van der Waals surface area contributed by atoms with Crippen molar-refractivity contribution in [1.82, 2.24) is 19.1 Å². The van der Waals surface area contributed by atoms with Crippen LogP contribution in [0.25, 0.3) is 22.8 Å². The molecule has 5 nitrogen and oxygen atoms in total. The summed E-state index contributed by atoms with van der Waals surface area (Å²) in [5, 5.41) is 0. The van der Waals surface area contributed by atoms with Crippen molar-refractivity contribution in [3.8, 4) is 22.8 Å². The van der Waals surface area contributed by atoms with Crippen LogP contribution in [0.4, 0.5) is 0 Å². The number of hydrogen-bond donors (Lipinski definition) is 0. The van der Waals surface area contributed by atoms with Crippen LogP contribution >= 0.6 is 0 Å². The van der Waals surface area contributed by atoms with Crippen molar-refractivity contribution in [3.63, 3.8) is 0 Å². The SMILES string of the molecule is COCC1(Cn2cnc(-c3ccccc3)c2-c2nccn2C)CC1. The number of ether oxygens (including phenoxy) is 1. The Hall–Kier alpha value is -2.40. The minimum Gasteiger partial charge on any atom is -0.384 e. The van der Waals surface area contributed by atoms with E-state index in [0.29, 0.717) is 0 Å². The Bertz CT molecular complexity index is 830. The number of imidazole rings is 2. The second-order valence-electron chi connectivity index (χ2n) is 6.73. The highest BCUT2D eigenvalue weighted by Crippen LogP contribution is 2.48. The highest BCUT2D eigenvalue weighted by Gasteiger charge is 2.43. The van der Waals surface area contributed by atoms with Gasteiger partial charge in [0.15, 0.2) is 5.82 Å². The van der Waals surface area contributed by atoms with Crippen LogP contribution in [0.5, 0.6) is 0 Å². The largest absolute Gasteiger partial charge is 0.384 e. The highest BCUT2D eigenvalue weighted by molar-refractivity contribution is 5.75. The number of benzene rings is 1. The molecular formula is C19H22N4O. The molecule has 124 valence electrons. The first kappa shape index (κ1) is 15.1. The minimum absolute atomic E-state index is 0.253. The molecule has 0 atom stereocenters. The molecule has 0 unspecified atom stereocenters. The van der Waals surface area contributed by atoms with Crippen molar-refractivity contribution in [2.24, 2.45) is 12.5 Å². The van der Waals surface area contributed by atoms with Crippen molar-refractivity contribution >= 4 is 0 Å². The molecule has 3 aromatic rings. The molecule has 1 aliphatic carbocycles. The molecule has 0 aliphatic heterocycles. The van der Waals surface area contributed by atoms with Crippen molar-refractivity contribution in [1.29, 1.82) is 0 Å². The van der Waals surface area contributed by atoms with Gasteiger partial charge in [0.2, 0.25) is 0 Å².